The molecule has 6 heteroatoms. The van der Waals surface area contributed by atoms with Crippen LogP contribution in [0, 0.1) is 6.92 Å². The first-order chi connectivity index (χ1) is 9.63. The summed E-state index contributed by atoms with van der Waals surface area (Å²) in [6.45, 7) is 1.97. The lowest BCUT2D eigenvalue weighted by molar-refractivity contribution is 0.0686. The molecule has 0 radical (unpaired) electrons. The van der Waals surface area contributed by atoms with Gasteiger partial charge in [0.25, 0.3) is 0 Å². The van der Waals surface area contributed by atoms with Crippen molar-refractivity contribution in [3.63, 3.8) is 0 Å². The van der Waals surface area contributed by atoms with Crippen LogP contribution in [0.2, 0.25) is 0 Å². The lowest BCUT2D eigenvalue weighted by Gasteiger charge is -2.01. The number of nitrogens with zero attached hydrogens (tertiary/aromatic N) is 3. The van der Waals surface area contributed by atoms with Crippen LogP contribution in [0.4, 0.5) is 0 Å². The summed E-state index contributed by atoms with van der Waals surface area (Å²) in [5.41, 5.74) is 2.65. The van der Waals surface area contributed by atoms with E-state index in [-0.39, 0.29) is 5.69 Å². The summed E-state index contributed by atoms with van der Waals surface area (Å²) >= 11 is 0. The molecule has 0 fully saturated rings. The molecule has 0 bridgehead atoms. The minimum absolute atomic E-state index is 0.105. The highest BCUT2D eigenvalue weighted by atomic mass is 16.5. The highest BCUT2D eigenvalue weighted by Crippen LogP contribution is 2.22. The van der Waals surface area contributed by atoms with Gasteiger partial charge >= 0.3 is 5.97 Å². The maximum atomic E-state index is 10.8. The fourth-order valence-electron chi connectivity index (χ4n) is 1.84. The normalized spacial score (nSPS) is 10.7. The maximum absolute atomic E-state index is 10.8. The molecule has 20 heavy (non-hydrogen) atoms. The fourth-order valence-corrected chi connectivity index (χ4v) is 1.84. The number of hydrogen-bond acceptors (Lipinski definition) is 4. The van der Waals surface area contributed by atoms with Gasteiger partial charge in [0.05, 0.1) is 11.9 Å². The fraction of sp³-hybridized carbons (Fsp3) is 0.0714. The summed E-state index contributed by atoms with van der Waals surface area (Å²) in [4.78, 5) is 10.8. The Hall–Kier alpha value is -2.89. The Morgan fingerprint density at radius 2 is 2.05 bits per heavy atom. The summed E-state index contributed by atoms with van der Waals surface area (Å²) < 4.78 is 6.77. The van der Waals surface area contributed by atoms with Crippen molar-refractivity contribution >= 4 is 5.97 Å². The van der Waals surface area contributed by atoms with Gasteiger partial charge < -0.3 is 9.63 Å². The van der Waals surface area contributed by atoms with Crippen molar-refractivity contribution in [3.8, 4) is 17.0 Å². The van der Waals surface area contributed by atoms with E-state index in [1.807, 2.05) is 37.4 Å². The maximum Gasteiger partial charge on any atom is 0.358 e. The number of aryl methyl sites for hydroxylation is 1. The van der Waals surface area contributed by atoms with Crippen molar-refractivity contribution in [2.75, 3.05) is 0 Å². The molecule has 0 aliphatic carbocycles. The second-order valence-electron chi connectivity index (χ2n) is 4.39. The van der Waals surface area contributed by atoms with Crippen LogP contribution in [-0.2, 0) is 0 Å². The first kappa shape index (κ1) is 12.2. The standard InChI is InChI=1S/C14H11N3O3/c1-9-7-15-17(8-9)11-4-2-10(3-5-11)13-6-12(14(18)19)16-20-13/h2-8H,1H3,(H,18,19). The van der Waals surface area contributed by atoms with Gasteiger partial charge in [0.1, 0.15) is 0 Å². The Kier molecular flexibility index (Phi) is 2.83. The highest BCUT2D eigenvalue weighted by Gasteiger charge is 2.12. The number of carboxylic acids is 1. The van der Waals surface area contributed by atoms with Gasteiger partial charge in [-0.1, -0.05) is 5.16 Å². The van der Waals surface area contributed by atoms with Crippen molar-refractivity contribution in [1.29, 1.82) is 0 Å². The molecule has 0 unspecified atom stereocenters. The number of aromatic carboxylic acids is 1. The van der Waals surface area contributed by atoms with Crippen LogP contribution >= 0.6 is 0 Å². The molecule has 2 heterocycles. The van der Waals surface area contributed by atoms with Gasteiger partial charge in [-0.3, -0.25) is 0 Å². The van der Waals surface area contributed by atoms with Crippen molar-refractivity contribution in [2.24, 2.45) is 0 Å². The zero-order valence-corrected chi connectivity index (χ0v) is 10.6. The lowest BCUT2D eigenvalue weighted by Crippen LogP contribution is -1.94. The summed E-state index contributed by atoms with van der Waals surface area (Å²) in [6, 6.07) is 8.82. The highest BCUT2D eigenvalue weighted by molar-refractivity contribution is 5.86. The Balaban J connectivity index is 1.90. The van der Waals surface area contributed by atoms with Gasteiger partial charge in [0.2, 0.25) is 0 Å². The predicted octanol–water partition coefficient (Wildman–Crippen LogP) is 2.53. The predicted molar refractivity (Wildman–Crippen MR) is 70.8 cm³/mol. The molecular formula is C14H11N3O3. The Bertz CT molecular complexity index is 756. The zero-order chi connectivity index (χ0) is 14.1. The van der Waals surface area contributed by atoms with Crippen molar-refractivity contribution in [2.45, 2.75) is 6.92 Å². The number of benzene rings is 1. The SMILES string of the molecule is Cc1cnn(-c2ccc(-c3cc(C(=O)O)no3)cc2)c1. The van der Waals surface area contributed by atoms with Crippen LogP contribution in [0.25, 0.3) is 17.0 Å². The summed E-state index contributed by atoms with van der Waals surface area (Å²) in [6.07, 6.45) is 3.70. The molecular weight excluding hydrogens is 258 g/mol. The number of hydrogen-bond donors (Lipinski definition) is 1. The summed E-state index contributed by atoms with van der Waals surface area (Å²) in [7, 11) is 0. The van der Waals surface area contributed by atoms with E-state index in [0.717, 1.165) is 16.8 Å². The Morgan fingerprint density at radius 1 is 1.30 bits per heavy atom. The molecule has 0 saturated heterocycles. The second kappa shape index (κ2) is 4.65. The van der Waals surface area contributed by atoms with Gasteiger partial charge in [0.15, 0.2) is 11.5 Å². The lowest BCUT2D eigenvalue weighted by atomic mass is 10.1. The molecule has 0 saturated carbocycles. The van der Waals surface area contributed by atoms with Crippen LogP contribution in [-0.4, -0.2) is 26.0 Å². The summed E-state index contributed by atoms with van der Waals surface area (Å²) in [5, 5.41) is 16.5. The molecule has 1 aromatic carbocycles. The van der Waals surface area contributed by atoms with Crippen LogP contribution in [0.1, 0.15) is 16.1 Å². The third kappa shape index (κ3) is 2.18. The zero-order valence-electron chi connectivity index (χ0n) is 10.6. The average Bonchev–Trinajstić information content (AvgIpc) is 3.08. The molecule has 0 amide bonds. The van der Waals surface area contributed by atoms with E-state index in [9.17, 15) is 4.79 Å². The minimum Gasteiger partial charge on any atom is -0.476 e. The molecule has 0 aliphatic heterocycles. The molecule has 3 rings (SSSR count). The van der Waals surface area contributed by atoms with E-state index in [2.05, 4.69) is 10.3 Å². The molecule has 6 nitrogen and oxygen atoms in total. The molecule has 100 valence electrons. The third-order valence-electron chi connectivity index (χ3n) is 2.86. The van der Waals surface area contributed by atoms with Crippen LogP contribution in [0.15, 0.2) is 47.2 Å². The number of rotatable bonds is 3. The average molecular weight is 269 g/mol. The Labute approximate surface area is 114 Å². The van der Waals surface area contributed by atoms with E-state index in [1.54, 1.807) is 10.9 Å². The van der Waals surface area contributed by atoms with Crippen LogP contribution in [0.5, 0.6) is 0 Å². The van der Waals surface area contributed by atoms with E-state index in [4.69, 9.17) is 9.63 Å². The molecule has 0 spiro atoms. The van der Waals surface area contributed by atoms with Gasteiger partial charge in [0, 0.05) is 17.8 Å². The first-order valence-corrected chi connectivity index (χ1v) is 5.95. The third-order valence-corrected chi connectivity index (χ3v) is 2.86. The second-order valence-corrected chi connectivity index (χ2v) is 4.39. The van der Waals surface area contributed by atoms with E-state index in [0.29, 0.717) is 5.76 Å². The summed E-state index contributed by atoms with van der Waals surface area (Å²) in [5.74, 6) is -0.686. The van der Waals surface area contributed by atoms with Crippen molar-refractivity contribution in [3.05, 3.63) is 54.0 Å². The molecule has 0 aliphatic rings. The van der Waals surface area contributed by atoms with E-state index in [1.165, 1.54) is 6.07 Å². The van der Waals surface area contributed by atoms with E-state index >= 15 is 0 Å². The monoisotopic (exact) mass is 269 g/mol. The van der Waals surface area contributed by atoms with Gasteiger partial charge in [-0.15, -0.1) is 0 Å². The van der Waals surface area contributed by atoms with Crippen LogP contribution < -0.4 is 0 Å². The largest absolute Gasteiger partial charge is 0.476 e. The number of carbonyl (C=O) groups is 1. The smallest absolute Gasteiger partial charge is 0.358 e. The topological polar surface area (TPSA) is 81.2 Å². The molecule has 1 N–H and O–H groups in total. The van der Waals surface area contributed by atoms with Gasteiger partial charge in [-0.25, -0.2) is 9.48 Å². The van der Waals surface area contributed by atoms with Crippen LogP contribution in [0.3, 0.4) is 0 Å². The minimum atomic E-state index is -1.11. The quantitative estimate of drug-likeness (QED) is 0.790. The van der Waals surface area contributed by atoms with Gasteiger partial charge in [-0.05, 0) is 36.8 Å². The van der Waals surface area contributed by atoms with Crippen molar-refractivity contribution < 1.29 is 14.4 Å². The molecule has 3 aromatic rings. The first-order valence-electron chi connectivity index (χ1n) is 5.95. The van der Waals surface area contributed by atoms with Crippen molar-refractivity contribution in [1.82, 2.24) is 14.9 Å². The number of carboxylic acid groups (broad SMARTS) is 1. The molecule has 0 atom stereocenters. The van der Waals surface area contributed by atoms with E-state index < -0.39 is 5.97 Å². The van der Waals surface area contributed by atoms with Gasteiger partial charge in [-0.2, -0.15) is 5.10 Å². The molecule has 2 aromatic heterocycles. The number of aromatic nitrogens is 3. The Morgan fingerprint density at radius 3 is 2.60 bits per heavy atom.